The molecule has 5 heterocycles. The number of nitrogens with zero attached hydrogens (tertiary/aromatic N) is 6. The minimum atomic E-state index is 0.0103. The van der Waals surface area contributed by atoms with E-state index in [4.69, 9.17) is 10.7 Å². The number of amides is 1. The monoisotopic (exact) mass is 415 g/mol. The van der Waals surface area contributed by atoms with Crippen LogP contribution in [-0.4, -0.2) is 53.5 Å². The summed E-state index contributed by atoms with van der Waals surface area (Å²) in [5.74, 6) is 1.25. The Hall–Kier alpha value is -3.26. The summed E-state index contributed by atoms with van der Waals surface area (Å²) in [4.78, 5) is 29.1. The summed E-state index contributed by atoms with van der Waals surface area (Å²) in [5.41, 5.74) is 10.3. The number of aromatic nitrogens is 5. The van der Waals surface area contributed by atoms with Gasteiger partial charge in [0, 0.05) is 50.0 Å². The molecule has 4 aromatic heterocycles. The lowest BCUT2D eigenvalue weighted by atomic mass is 10.1. The van der Waals surface area contributed by atoms with Crippen molar-refractivity contribution in [3.8, 4) is 11.5 Å². The summed E-state index contributed by atoms with van der Waals surface area (Å²) in [6.45, 7) is 3.64. The molecule has 31 heavy (non-hydrogen) atoms. The Kier molecular flexibility index (Phi) is 3.95. The number of hydrogen-bond acceptors (Lipinski definition) is 5. The molecule has 2 bridgehead atoms. The van der Waals surface area contributed by atoms with Crippen LogP contribution in [0.5, 0.6) is 0 Å². The first-order valence-corrected chi connectivity index (χ1v) is 10.9. The zero-order valence-electron chi connectivity index (χ0n) is 17.7. The van der Waals surface area contributed by atoms with Crippen molar-refractivity contribution in [3.63, 3.8) is 0 Å². The number of piperidine rings is 1. The normalized spacial score (nSPS) is 22.8. The van der Waals surface area contributed by atoms with Crippen LogP contribution >= 0.6 is 0 Å². The van der Waals surface area contributed by atoms with Crippen molar-refractivity contribution < 1.29 is 4.79 Å². The Morgan fingerprint density at radius 3 is 2.84 bits per heavy atom. The van der Waals surface area contributed by atoms with Gasteiger partial charge in [0.2, 0.25) is 0 Å². The van der Waals surface area contributed by atoms with E-state index < -0.39 is 0 Å². The summed E-state index contributed by atoms with van der Waals surface area (Å²) in [7, 11) is 1.96. The fraction of sp³-hybridized carbons (Fsp3) is 0.391. The van der Waals surface area contributed by atoms with Gasteiger partial charge in [0.05, 0.1) is 11.3 Å². The number of likely N-dealkylation sites (tertiary alicyclic amines) is 1. The smallest absolute Gasteiger partial charge is 0.255 e. The molecule has 0 unspecified atom stereocenters. The SMILES string of the molecule is CCn1c(-c2nc3cc(C(=O)N4C[C@@H]5CC[C@H]4[C@H]5N)cnc3n2C)cc2cccnc21. The second-order valence-electron chi connectivity index (χ2n) is 8.69. The number of aryl methyl sites for hydroxylation is 2. The van der Waals surface area contributed by atoms with E-state index in [1.165, 1.54) is 0 Å². The standard InChI is InChI=1S/C23H25N7O/c1-3-29-18(10-13-5-4-8-25-20(13)29)22-27-16-9-15(11-26-21(16)28(22)2)23(31)30-12-14-6-7-17(30)19(14)24/h4-5,8-11,14,17,19H,3,6-7,12,24H2,1-2H3/t14-,17-,19-/m0/s1. The van der Waals surface area contributed by atoms with E-state index in [1.54, 1.807) is 6.20 Å². The Labute approximate surface area is 179 Å². The van der Waals surface area contributed by atoms with Crippen LogP contribution in [0, 0.1) is 5.92 Å². The van der Waals surface area contributed by atoms with Gasteiger partial charge in [-0.3, -0.25) is 4.79 Å². The molecule has 8 nitrogen and oxygen atoms in total. The minimum absolute atomic E-state index is 0.0103. The molecule has 2 N–H and O–H groups in total. The van der Waals surface area contributed by atoms with Crippen molar-refractivity contribution in [1.29, 1.82) is 0 Å². The molecule has 6 rings (SSSR count). The predicted molar refractivity (Wildman–Crippen MR) is 118 cm³/mol. The number of carbonyl (C=O) groups is 1. The number of imidazole rings is 1. The van der Waals surface area contributed by atoms with Crippen LogP contribution in [0.4, 0.5) is 0 Å². The predicted octanol–water partition coefficient (Wildman–Crippen LogP) is 2.57. The van der Waals surface area contributed by atoms with Gasteiger partial charge in [0.1, 0.15) is 11.2 Å². The van der Waals surface area contributed by atoms with E-state index in [0.717, 1.165) is 59.6 Å². The molecule has 2 fully saturated rings. The van der Waals surface area contributed by atoms with Gasteiger partial charge in [-0.2, -0.15) is 0 Å². The van der Waals surface area contributed by atoms with E-state index in [1.807, 2.05) is 34.8 Å². The molecule has 3 atom stereocenters. The fourth-order valence-electron chi connectivity index (χ4n) is 5.46. The lowest BCUT2D eigenvalue weighted by molar-refractivity contribution is 0.0700. The van der Waals surface area contributed by atoms with Crippen LogP contribution in [0.3, 0.4) is 0 Å². The lowest BCUT2D eigenvalue weighted by Gasteiger charge is -2.27. The number of rotatable bonds is 3. The van der Waals surface area contributed by atoms with Gasteiger partial charge < -0.3 is 19.8 Å². The molecule has 0 aromatic carbocycles. The summed E-state index contributed by atoms with van der Waals surface area (Å²) < 4.78 is 4.14. The first-order valence-electron chi connectivity index (χ1n) is 10.9. The number of nitrogens with two attached hydrogens (primary N) is 1. The zero-order chi connectivity index (χ0) is 21.3. The molecule has 1 amide bonds. The van der Waals surface area contributed by atoms with E-state index in [0.29, 0.717) is 11.5 Å². The maximum absolute atomic E-state index is 13.2. The molecule has 1 saturated carbocycles. The largest absolute Gasteiger partial charge is 0.334 e. The van der Waals surface area contributed by atoms with Gasteiger partial charge in [0.15, 0.2) is 11.5 Å². The highest BCUT2D eigenvalue weighted by Gasteiger charge is 2.46. The van der Waals surface area contributed by atoms with Gasteiger partial charge in [-0.25, -0.2) is 15.0 Å². The molecule has 4 aromatic rings. The summed E-state index contributed by atoms with van der Waals surface area (Å²) in [5, 5.41) is 1.08. The van der Waals surface area contributed by atoms with Crippen molar-refractivity contribution >= 4 is 28.1 Å². The van der Waals surface area contributed by atoms with E-state index in [2.05, 4.69) is 33.6 Å². The highest BCUT2D eigenvalue weighted by Crippen LogP contribution is 2.37. The molecule has 0 radical (unpaired) electrons. The maximum Gasteiger partial charge on any atom is 0.255 e. The summed E-state index contributed by atoms with van der Waals surface area (Å²) in [6.07, 6.45) is 5.60. The summed E-state index contributed by atoms with van der Waals surface area (Å²) in [6, 6.07) is 8.23. The Morgan fingerprint density at radius 1 is 1.23 bits per heavy atom. The van der Waals surface area contributed by atoms with Crippen LogP contribution in [0.2, 0.25) is 0 Å². The summed E-state index contributed by atoms with van der Waals surface area (Å²) >= 11 is 0. The Morgan fingerprint density at radius 2 is 2.10 bits per heavy atom. The lowest BCUT2D eigenvalue weighted by Crippen LogP contribution is -2.41. The molecule has 158 valence electrons. The van der Waals surface area contributed by atoms with Crippen molar-refractivity contribution in [2.75, 3.05) is 6.54 Å². The molecule has 2 aliphatic rings. The molecule has 1 aliphatic carbocycles. The van der Waals surface area contributed by atoms with Gasteiger partial charge >= 0.3 is 0 Å². The van der Waals surface area contributed by atoms with Crippen LogP contribution < -0.4 is 5.73 Å². The van der Waals surface area contributed by atoms with E-state index >= 15 is 0 Å². The van der Waals surface area contributed by atoms with Gasteiger partial charge in [-0.1, -0.05) is 0 Å². The molecule has 0 spiro atoms. The van der Waals surface area contributed by atoms with Crippen molar-refractivity contribution in [2.45, 2.75) is 38.4 Å². The van der Waals surface area contributed by atoms with E-state index in [9.17, 15) is 4.79 Å². The van der Waals surface area contributed by atoms with Crippen LogP contribution in [0.1, 0.15) is 30.1 Å². The number of hydrogen-bond donors (Lipinski definition) is 1. The third-order valence-electron chi connectivity index (χ3n) is 7.07. The Balaban J connectivity index is 1.42. The van der Waals surface area contributed by atoms with Crippen molar-refractivity contribution in [2.24, 2.45) is 18.7 Å². The van der Waals surface area contributed by atoms with E-state index in [-0.39, 0.29) is 18.0 Å². The Bertz CT molecular complexity index is 1340. The minimum Gasteiger partial charge on any atom is -0.334 e. The molecule has 1 aliphatic heterocycles. The van der Waals surface area contributed by atoms with Crippen LogP contribution in [0.15, 0.2) is 36.7 Å². The zero-order valence-corrected chi connectivity index (χ0v) is 17.7. The van der Waals surface area contributed by atoms with Gasteiger partial charge in [-0.05, 0) is 49.9 Å². The first-order chi connectivity index (χ1) is 15.1. The quantitative estimate of drug-likeness (QED) is 0.555. The molecule has 1 saturated heterocycles. The van der Waals surface area contributed by atoms with Gasteiger partial charge in [0.25, 0.3) is 5.91 Å². The number of carbonyl (C=O) groups excluding carboxylic acids is 1. The highest BCUT2D eigenvalue weighted by molar-refractivity contribution is 5.97. The van der Waals surface area contributed by atoms with Gasteiger partial charge in [-0.15, -0.1) is 0 Å². The van der Waals surface area contributed by atoms with Crippen LogP contribution in [0.25, 0.3) is 33.7 Å². The third kappa shape index (κ3) is 2.57. The number of fused-ring (bicyclic) bond motifs is 4. The second-order valence-corrected chi connectivity index (χ2v) is 8.69. The average Bonchev–Trinajstić information content (AvgIpc) is 3.52. The van der Waals surface area contributed by atoms with Crippen molar-refractivity contribution in [3.05, 3.63) is 42.2 Å². The average molecular weight is 416 g/mol. The molecule has 8 heteroatoms. The second kappa shape index (κ2) is 6.62. The topological polar surface area (TPSA) is 94.9 Å². The molecular formula is C23H25N7O. The van der Waals surface area contributed by atoms with Crippen LogP contribution in [-0.2, 0) is 13.6 Å². The fourth-order valence-corrected chi connectivity index (χ4v) is 5.46. The molecular weight excluding hydrogens is 390 g/mol. The highest BCUT2D eigenvalue weighted by atomic mass is 16.2. The number of pyridine rings is 2. The third-order valence-corrected chi connectivity index (χ3v) is 7.07. The van der Waals surface area contributed by atoms with Crippen molar-refractivity contribution in [1.82, 2.24) is 29.0 Å². The first kappa shape index (κ1) is 18.5. The maximum atomic E-state index is 13.2.